The summed E-state index contributed by atoms with van der Waals surface area (Å²) in [5.74, 6) is 2.58. The van der Waals surface area contributed by atoms with Crippen LogP contribution in [-0.2, 0) is 11.3 Å². The third kappa shape index (κ3) is 6.35. The van der Waals surface area contributed by atoms with E-state index in [1.807, 2.05) is 78.9 Å². The van der Waals surface area contributed by atoms with Gasteiger partial charge in [-0.05, 0) is 53.6 Å². The van der Waals surface area contributed by atoms with Crippen molar-refractivity contribution in [1.29, 1.82) is 0 Å². The monoisotopic (exact) mass is 507 g/mol. The topological polar surface area (TPSA) is 57.2 Å². The van der Waals surface area contributed by atoms with Gasteiger partial charge in [0.05, 0.1) is 25.7 Å². The molecule has 0 spiro atoms. The van der Waals surface area contributed by atoms with Crippen LogP contribution in [-0.4, -0.2) is 42.6 Å². The first-order chi connectivity index (χ1) is 17.1. The molecule has 1 heterocycles. The summed E-state index contributed by atoms with van der Waals surface area (Å²) in [5.41, 5.74) is 1.85. The number of ether oxygens (including phenoxy) is 4. The van der Waals surface area contributed by atoms with Gasteiger partial charge in [-0.2, -0.15) is 0 Å². The number of benzene rings is 3. The van der Waals surface area contributed by atoms with Gasteiger partial charge in [-0.25, -0.2) is 0 Å². The Kier molecular flexibility index (Phi) is 8.28. The van der Waals surface area contributed by atoms with Crippen molar-refractivity contribution in [3.8, 4) is 23.0 Å². The summed E-state index contributed by atoms with van der Waals surface area (Å²) in [4.78, 5) is 15.1. The van der Waals surface area contributed by atoms with E-state index in [4.69, 9.17) is 31.2 Å². The molecule has 180 valence electrons. The number of hydrogen-bond donors (Lipinski definition) is 0. The van der Waals surface area contributed by atoms with Crippen molar-refractivity contribution in [2.45, 2.75) is 6.54 Å². The molecule has 0 aliphatic carbocycles. The summed E-state index contributed by atoms with van der Waals surface area (Å²) in [7, 11) is 3.21. The van der Waals surface area contributed by atoms with Crippen LogP contribution < -0.4 is 18.9 Å². The molecule has 4 rings (SSSR count). The summed E-state index contributed by atoms with van der Waals surface area (Å²) >= 11 is 6.75. The van der Waals surface area contributed by atoms with Gasteiger partial charge in [0.1, 0.15) is 29.0 Å². The highest BCUT2D eigenvalue weighted by Gasteiger charge is 2.32. The fourth-order valence-corrected chi connectivity index (χ4v) is 4.69. The van der Waals surface area contributed by atoms with Gasteiger partial charge in [0.15, 0.2) is 11.5 Å². The van der Waals surface area contributed by atoms with Gasteiger partial charge in [0, 0.05) is 0 Å². The van der Waals surface area contributed by atoms with Crippen LogP contribution in [0.3, 0.4) is 0 Å². The summed E-state index contributed by atoms with van der Waals surface area (Å²) in [5, 5.41) is 0. The number of methoxy groups -OCH3 is 2. The van der Waals surface area contributed by atoms with E-state index in [2.05, 4.69) is 0 Å². The van der Waals surface area contributed by atoms with Crippen LogP contribution in [0.1, 0.15) is 11.1 Å². The summed E-state index contributed by atoms with van der Waals surface area (Å²) in [6, 6.07) is 22.7. The first-order valence-electron chi connectivity index (χ1n) is 10.9. The number of carbonyl (C=O) groups excluding carboxylic acids is 1. The second kappa shape index (κ2) is 11.8. The molecule has 0 N–H and O–H groups in total. The fraction of sp³-hybridized carbons (Fsp3) is 0.185. The fourth-order valence-electron chi connectivity index (χ4n) is 3.43. The van der Waals surface area contributed by atoms with E-state index in [1.54, 1.807) is 19.1 Å². The van der Waals surface area contributed by atoms with Gasteiger partial charge in [-0.1, -0.05) is 60.4 Å². The lowest BCUT2D eigenvalue weighted by Gasteiger charge is -2.14. The molecule has 0 bridgehead atoms. The highest BCUT2D eigenvalue weighted by Crippen LogP contribution is 2.35. The predicted molar refractivity (Wildman–Crippen MR) is 142 cm³/mol. The minimum atomic E-state index is -0.0983. The Bertz CT molecular complexity index is 1210. The molecule has 3 aromatic carbocycles. The second-order valence-corrected chi connectivity index (χ2v) is 9.21. The predicted octanol–water partition coefficient (Wildman–Crippen LogP) is 5.56. The van der Waals surface area contributed by atoms with E-state index in [-0.39, 0.29) is 5.91 Å². The lowest BCUT2D eigenvalue weighted by molar-refractivity contribution is -0.122. The molecule has 8 heteroatoms. The van der Waals surface area contributed by atoms with Crippen LogP contribution in [0.15, 0.2) is 77.7 Å². The average molecular weight is 508 g/mol. The Balaban J connectivity index is 1.36. The molecule has 1 amide bonds. The van der Waals surface area contributed by atoms with E-state index in [0.717, 1.165) is 22.6 Å². The van der Waals surface area contributed by atoms with Crippen molar-refractivity contribution in [1.82, 2.24) is 4.90 Å². The molecular formula is C27H25NO5S2. The molecule has 1 aliphatic heterocycles. The lowest BCUT2D eigenvalue weighted by Crippen LogP contribution is -2.27. The van der Waals surface area contributed by atoms with Gasteiger partial charge < -0.3 is 18.9 Å². The smallest absolute Gasteiger partial charge is 0.266 e. The molecule has 0 radical (unpaired) electrons. The zero-order valence-corrected chi connectivity index (χ0v) is 21.1. The summed E-state index contributed by atoms with van der Waals surface area (Å²) in [6.07, 6.45) is 1.82. The summed E-state index contributed by atoms with van der Waals surface area (Å²) < 4.78 is 22.7. The van der Waals surface area contributed by atoms with E-state index in [1.165, 1.54) is 11.8 Å². The van der Waals surface area contributed by atoms with Gasteiger partial charge in [0.2, 0.25) is 0 Å². The Morgan fingerprint density at radius 2 is 1.57 bits per heavy atom. The Morgan fingerprint density at radius 3 is 2.29 bits per heavy atom. The number of rotatable bonds is 10. The zero-order chi connectivity index (χ0) is 24.6. The largest absolute Gasteiger partial charge is 0.497 e. The van der Waals surface area contributed by atoms with Crippen LogP contribution in [0.5, 0.6) is 23.0 Å². The Morgan fingerprint density at radius 1 is 0.857 bits per heavy atom. The Labute approximate surface area is 214 Å². The average Bonchev–Trinajstić information content (AvgIpc) is 3.15. The van der Waals surface area contributed by atoms with Gasteiger partial charge >= 0.3 is 0 Å². The number of hydrogen-bond acceptors (Lipinski definition) is 7. The van der Waals surface area contributed by atoms with Crippen molar-refractivity contribution in [3.63, 3.8) is 0 Å². The number of amides is 1. The van der Waals surface area contributed by atoms with E-state index in [9.17, 15) is 4.79 Å². The molecule has 35 heavy (non-hydrogen) atoms. The minimum Gasteiger partial charge on any atom is -0.497 e. The van der Waals surface area contributed by atoms with Crippen LogP contribution in [0.25, 0.3) is 6.08 Å². The molecule has 6 nitrogen and oxygen atoms in total. The first kappa shape index (κ1) is 24.6. The normalized spacial score (nSPS) is 14.3. The lowest BCUT2D eigenvalue weighted by atomic mass is 10.1. The molecule has 0 aromatic heterocycles. The summed E-state index contributed by atoms with van der Waals surface area (Å²) in [6.45, 7) is 1.18. The molecule has 0 unspecified atom stereocenters. The molecule has 0 saturated carbocycles. The third-order valence-electron chi connectivity index (χ3n) is 5.21. The van der Waals surface area contributed by atoms with Gasteiger partial charge in [0.25, 0.3) is 5.91 Å². The second-order valence-electron chi connectivity index (χ2n) is 7.54. The minimum absolute atomic E-state index is 0.0983. The van der Waals surface area contributed by atoms with Crippen LogP contribution >= 0.6 is 24.0 Å². The SMILES string of the molecule is COc1ccc(OCCOc2ccc(C=C3SC(=S)N(Cc4ccccc4)C3=O)cc2OC)cc1. The van der Waals surface area contributed by atoms with Crippen molar-refractivity contribution >= 4 is 40.3 Å². The number of carbonyl (C=O) groups is 1. The van der Waals surface area contributed by atoms with Gasteiger partial charge in [-0.3, -0.25) is 9.69 Å². The van der Waals surface area contributed by atoms with Crippen LogP contribution in [0.4, 0.5) is 0 Å². The van der Waals surface area contributed by atoms with Crippen molar-refractivity contribution in [3.05, 3.63) is 88.8 Å². The van der Waals surface area contributed by atoms with E-state index >= 15 is 0 Å². The molecule has 1 aliphatic rings. The highest BCUT2D eigenvalue weighted by atomic mass is 32.2. The van der Waals surface area contributed by atoms with Crippen molar-refractivity contribution < 1.29 is 23.7 Å². The quantitative estimate of drug-likeness (QED) is 0.202. The van der Waals surface area contributed by atoms with Crippen molar-refractivity contribution in [2.24, 2.45) is 0 Å². The van der Waals surface area contributed by atoms with Crippen LogP contribution in [0.2, 0.25) is 0 Å². The number of thioether (sulfide) groups is 1. The highest BCUT2D eigenvalue weighted by molar-refractivity contribution is 8.26. The van der Waals surface area contributed by atoms with E-state index < -0.39 is 0 Å². The van der Waals surface area contributed by atoms with E-state index in [0.29, 0.717) is 40.5 Å². The Hall–Kier alpha value is -3.49. The maximum absolute atomic E-state index is 12.9. The van der Waals surface area contributed by atoms with Gasteiger partial charge in [-0.15, -0.1) is 0 Å². The van der Waals surface area contributed by atoms with Crippen LogP contribution in [0, 0.1) is 0 Å². The zero-order valence-electron chi connectivity index (χ0n) is 19.4. The maximum atomic E-state index is 12.9. The molecular weight excluding hydrogens is 482 g/mol. The molecule has 1 fully saturated rings. The standard InChI is InChI=1S/C27H25NO5S2/c1-30-21-9-11-22(12-10-21)32-14-15-33-23-13-8-20(16-24(23)31-2)17-25-26(29)28(27(34)35-25)18-19-6-4-3-5-7-19/h3-13,16-17H,14-15,18H2,1-2H3. The molecule has 0 atom stereocenters. The molecule has 1 saturated heterocycles. The van der Waals surface area contributed by atoms with Crippen molar-refractivity contribution in [2.75, 3.05) is 27.4 Å². The number of nitrogens with zero attached hydrogens (tertiary/aromatic N) is 1. The first-order valence-corrected chi connectivity index (χ1v) is 12.2. The molecule has 3 aromatic rings. The third-order valence-corrected chi connectivity index (χ3v) is 6.59. The maximum Gasteiger partial charge on any atom is 0.266 e. The number of thiocarbonyl (C=S) groups is 1.